The van der Waals surface area contributed by atoms with Crippen molar-refractivity contribution in [2.24, 2.45) is 0 Å². The minimum absolute atomic E-state index is 0.212. The average molecular weight is 346 g/mol. The Hall–Kier alpha value is -2.83. The highest BCUT2D eigenvalue weighted by molar-refractivity contribution is 5.92. The van der Waals surface area contributed by atoms with Crippen molar-refractivity contribution in [3.63, 3.8) is 0 Å². The van der Waals surface area contributed by atoms with Crippen molar-refractivity contribution in [3.05, 3.63) is 47.3 Å². The van der Waals surface area contributed by atoms with Gasteiger partial charge in [0.05, 0.1) is 0 Å². The summed E-state index contributed by atoms with van der Waals surface area (Å²) in [5, 5.41) is 12.4. The molecule has 0 radical (unpaired) electrons. The molecule has 1 aromatic carbocycles. The summed E-state index contributed by atoms with van der Waals surface area (Å²) >= 11 is 0. The lowest BCUT2D eigenvalue weighted by Crippen LogP contribution is -2.26. The van der Waals surface area contributed by atoms with Crippen molar-refractivity contribution in [2.75, 3.05) is 13.7 Å². The van der Waals surface area contributed by atoms with Gasteiger partial charge in [-0.2, -0.15) is 0 Å². The first-order valence-corrected chi connectivity index (χ1v) is 7.83. The molecule has 1 heterocycles. The molecule has 1 amide bonds. The van der Waals surface area contributed by atoms with Crippen LogP contribution in [0.4, 0.5) is 0 Å². The standard InChI is InChI=1S/C18H22N2O5/c1-18(2,3)15-9-14(19-25-15)17(23)20(4)10-12-5-7-13(8-6-12)24-11-16(21)22/h5-9H,10-11H2,1-4H3,(H,21,22). The third kappa shape index (κ3) is 5.07. The summed E-state index contributed by atoms with van der Waals surface area (Å²) in [6.07, 6.45) is 0. The minimum atomic E-state index is -1.03. The Bertz CT molecular complexity index is 744. The maximum atomic E-state index is 12.4. The number of ether oxygens (including phenoxy) is 1. The molecule has 0 bridgehead atoms. The molecular weight excluding hydrogens is 324 g/mol. The van der Waals surface area contributed by atoms with Gasteiger partial charge in [-0.05, 0) is 17.7 Å². The van der Waals surface area contributed by atoms with Gasteiger partial charge in [-0.1, -0.05) is 38.1 Å². The summed E-state index contributed by atoms with van der Waals surface area (Å²) in [6.45, 7) is 5.95. The van der Waals surface area contributed by atoms with Crippen molar-refractivity contribution < 1.29 is 24.0 Å². The average Bonchev–Trinajstić information content (AvgIpc) is 3.03. The fraction of sp³-hybridized carbons (Fsp3) is 0.389. The number of hydrogen-bond donors (Lipinski definition) is 1. The lowest BCUT2D eigenvalue weighted by molar-refractivity contribution is -0.139. The zero-order valence-corrected chi connectivity index (χ0v) is 14.8. The molecule has 134 valence electrons. The summed E-state index contributed by atoms with van der Waals surface area (Å²) in [5.41, 5.74) is 0.947. The summed E-state index contributed by atoms with van der Waals surface area (Å²) in [7, 11) is 1.68. The zero-order chi connectivity index (χ0) is 18.6. The number of benzene rings is 1. The van der Waals surface area contributed by atoms with E-state index >= 15 is 0 Å². The van der Waals surface area contributed by atoms with Crippen LogP contribution >= 0.6 is 0 Å². The highest BCUT2D eigenvalue weighted by atomic mass is 16.5. The molecule has 0 fully saturated rings. The molecule has 2 rings (SSSR count). The third-order valence-corrected chi connectivity index (χ3v) is 3.52. The second kappa shape index (κ2) is 7.38. The molecular formula is C18H22N2O5. The fourth-order valence-corrected chi connectivity index (χ4v) is 2.11. The van der Waals surface area contributed by atoms with Crippen LogP contribution in [0.25, 0.3) is 0 Å². The van der Waals surface area contributed by atoms with E-state index in [1.165, 1.54) is 4.90 Å². The summed E-state index contributed by atoms with van der Waals surface area (Å²) in [4.78, 5) is 24.5. The number of carbonyl (C=O) groups excluding carboxylic acids is 1. The van der Waals surface area contributed by atoms with Crippen LogP contribution in [0.2, 0.25) is 0 Å². The van der Waals surface area contributed by atoms with Crippen LogP contribution < -0.4 is 4.74 Å². The first kappa shape index (κ1) is 18.5. The summed E-state index contributed by atoms with van der Waals surface area (Å²) in [5.74, 6) is -0.141. The molecule has 7 nitrogen and oxygen atoms in total. The predicted octanol–water partition coefficient (Wildman–Crippen LogP) is 2.71. The molecule has 0 atom stereocenters. The quantitative estimate of drug-likeness (QED) is 0.864. The first-order valence-electron chi connectivity index (χ1n) is 7.83. The van der Waals surface area contributed by atoms with E-state index in [0.29, 0.717) is 18.1 Å². The topological polar surface area (TPSA) is 92.9 Å². The number of rotatable bonds is 6. The Morgan fingerprint density at radius 2 is 1.88 bits per heavy atom. The number of amides is 1. The summed E-state index contributed by atoms with van der Waals surface area (Å²) in [6, 6.07) is 8.57. The van der Waals surface area contributed by atoms with Gasteiger partial charge in [-0.3, -0.25) is 4.79 Å². The van der Waals surface area contributed by atoms with Gasteiger partial charge >= 0.3 is 5.97 Å². The number of carboxylic acid groups (broad SMARTS) is 1. The molecule has 7 heteroatoms. The number of hydrogen-bond acceptors (Lipinski definition) is 5. The van der Waals surface area contributed by atoms with Crippen molar-refractivity contribution in [2.45, 2.75) is 32.7 Å². The van der Waals surface area contributed by atoms with Crippen LogP contribution in [-0.2, 0) is 16.8 Å². The number of aliphatic carboxylic acids is 1. The van der Waals surface area contributed by atoms with Crippen molar-refractivity contribution in [3.8, 4) is 5.75 Å². The molecule has 0 spiro atoms. The maximum absolute atomic E-state index is 12.4. The van der Waals surface area contributed by atoms with Gasteiger partial charge in [-0.15, -0.1) is 0 Å². The molecule has 0 aliphatic heterocycles. The van der Waals surface area contributed by atoms with E-state index in [4.69, 9.17) is 14.4 Å². The van der Waals surface area contributed by atoms with Gasteiger partial charge in [0, 0.05) is 25.1 Å². The highest BCUT2D eigenvalue weighted by Gasteiger charge is 2.23. The van der Waals surface area contributed by atoms with Gasteiger partial charge in [0.25, 0.3) is 5.91 Å². The van der Waals surface area contributed by atoms with E-state index < -0.39 is 5.97 Å². The van der Waals surface area contributed by atoms with Crippen LogP contribution in [0.1, 0.15) is 42.6 Å². The third-order valence-electron chi connectivity index (χ3n) is 3.52. The van der Waals surface area contributed by atoms with Crippen LogP contribution in [0, 0.1) is 0 Å². The highest BCUT2D eigenvalue weighted by Crippen LogP contribution is 2.23. The molecule has 0 aliphatic rings. The molecule has 0 aliphatic carbocycles. The Kier molecular flexibility index (Phi) is 5.46. The monoisotopic (exact) mass is 346 g/mol. The molecule has 0 saturated carbocycles. The van der Waals surface area contributed by atoms with Crippen LogP contribution in [0.3, 0.4) is 0 Å². The minimum Gasteiger partial charge on any atom is -0.482 e. The van der Waals surface area contributed by atoms with Gasteiger partial charge in [-0.25, -0.2) is 4.79 Å². The molecule has 2 aromatic rings. The van der Waals surface area contributed by atoms with E-state index in [1.54, 1.807) is 37.4 Å². The van der Waals surface area contributed by atoms with Gasteiger partial charge in [0.2, 0.25) is 0 Å². The predicted molar refractivity (Wildman–Crippen MR) is 90.6 cm³/mol. The number of carbonyl (C=O) groups is 2. The Morgan fingerprint density at radius 3 is 2.40 bits per heavy atom. The second-order valence-electron chi connectivity index (χ2n) is 6.81. The molecule has 25 heavy (non-hydrogen) atoms. The van der Waals surface area contributed by atoms with Crippen molar-refractivity contribution in [1.82, 2.24) is 10.1 Å². The van der Waals surface area contributed by atoms with Gasteiger partial charge < -0.3 is 19.3 Å². The van der Waals surface area contributed by atoms with E-state index in [2.05, 4.69) is 5.16 Å². The first-order chi connectivity index (χ1) is 11.7. The van der Waals surface area contributed by atoms with Crippen LogP contribution in [-0.4, -0.2) is 40.7 Å². The van der Waals surface area contributed by atoms with Crippen LogP contribution in [0.15, 0.2) is 34.9 Å². The fourth-order valence-electron chi connectivity index (χ4n) is 2.11. The Balaban J connectivity index is 1.99. The zero-order valence-electron chi connectivity index (χ0n) is 14.8. The largest absolute Gasteiger partial charge is 0.482 e. The smallest absolute Gasteiger partial charge is 0.341 e. The van der Waals surface area contributed by atoms with Crippen molar-refractivity contribution >= 4 is 11.9 Å². The van der Waals surface area contributed by atoms with Gasteiger partial charge in [0.15, 0.2) is 12.3 Å². The van der Waals surface area contributed by atoms with E-state index in [1.807, 2.05) is 20.8 Å². The molecule has 1 aromatic heterocycles. The lowest BCUT2D eigenvalue weighted by Gasteiger charge is -2.16. The Labute approximate surface area is 146 Å². The van der Waals surface area contributed by atoms with E-state index in [0.717, 1.165) is 5.56 Å². The van der Waals surface area contributed by atoms with E-state index in [-0.39, 0.29) is 23.6 Å². The second-order valence-corrected chi connectivity index (χ2v) is 6.81. The number of carboxylic acids is 1. The van der Waals surface area contributed by atoms with Crippen LogP contribution in [0.5, 0.6) is 5.75 Å². The van der Waals surface area contributed by atoms with E-state index in [9.17, 15) is 9.59 Å². The number of nitrogens with zero attached hydrogens (tertiary/aromatic N) is 2. The maximum Gasteiger partial charge on any atom is 0.341 e. The summed E-state index contributed by atoms with van der Waals surface area (Å²) < 4.78 is 10.3. The normalized spacial score (nSPS) is 11.2. The SMILES string of the molecule is CN(Cc1ccc(OCC(=O)O)cc1)C(=O)c1cc(C(C)(C)C)on1. The lowest BCUT2D eigenvalue weighted by atomic mass is 9.93. The van der Waals surface area contributed by atoms with Gasteiger partial charge in [0.1, 0.15) is 11.5 Å². The number of aromatic nitrogens is 1. The molecule has 1 N–H and O–H groups in total. The molecule has 0 saturated heterocycles. The van der Waals surface area contributed by atoms with Crippen molar-refractivity contribution in [1.29, 1.82) is 0 Å². The molecule has 0 unspecified atom stereocenters. The Morgan fingerprint density at radius 1 is 1.24 bits per heavy atom.